The maximum atomic E-state index is 2.30. The monoisotopic (exact) mass is 134 g/mol. The molecule has 0 aromatic heterocycles. The Labute approximate surface area is 64.1 Å². The highest BCUT2D eigenvalue weighted by atomic mass is 14.0. The van der Waals surface area contributed by atoms with E-state index in [2.05, 4.69) is 38.2 Å². The Morgan fingerprint density at radius 1 is 1.10 bits per heavy atom. The zero-order chi connectivity index (χ0) is 7.40. The van der Waals surface area contributed by atoms with Crippen molar-refractivity contribution in [3.63, 3.8) is 0 Å². The highest BCUT2D eigenvalue weighted by molar-refractivity contribution is 6.61. The van der Waals surface area contributed by atoms with Gasteiger partial charge in [0.2, 0.25) is 0 Å². The summed E-state index contributed by atoms with van der Waals surface area (Å²) in [6, 6.07) is 0. The van der Waals surface area contributed by atoms with E-state index in [0.29, 0.717) is 0 Å². The topological polar surface area (TPSA) is 0 Å². The maximum Gasteiger partial charge on any atom is 0.151 e. The van der Waals surface area contributed by atoms with E-state index in [1.54, 1.807) is 0 Å². The van der Waals surface area contributed by atoms with Gasteiger partial charge >= 0.3 is 0 Å². The summed E-state index contributed by atoms with van der Waals surface area (Å²) in [4.78, 5) is 0. The Hall–Kier alpha value is -0.455. The summed E-state index contributed by atoms with van der Waals surface area (Å²) in [6.07, 6.45) is 11.5. The quantitative estimate of drug-likeness (QED) is 0.520. The van der Waals surface area contributed by atoms with E-state index in [9.17, 15) is 0 Å². The molecule has 0 heterocycles. The van der Waals surface area contributed by atoms with E-state index in [1.807, 2.05) is 0 Å². The molecule has 0 N–H and O–H groups in total. The second-order valence-electron chi connectivity index (χ2n) is 2.92. The third kappa shape index (κ3) is 1.53. The van der Waals surface area contributed by atoms with E-state index >= 15 is 0 Å². The van der Waals surface area contributed by atoms with Crippen molar-refractivity contribution in [1.82, 2.24) is 0 Å². The van der Waals surface area contributed by atoms with Gasteiger partial charge in [0.25, 0.3) is 0 Å². The van der Waals surface area contributed by atoms with Crippen LogP contribution in [0.4, 0.5) is 0 Å². The van der Waals surface area contributed by atoms with Crippen molar-refractivity contribution in [3.8, 4) is 0 Å². The fourth-order valence-corrected chi connectivity index (χ4v) is 1.60. The highest BCUT2D eigenvalue weighted by Crippen LogP contribution is 2.23. The van der Waals surface area contributed by atoms with Crippen LogP contribution in [0.5, 0.6) is 0 Å². The molecule has 0 aromatic carbocycles. The van der Waals surface area contributed by atoms with Crippen molar-refractivity contribution in [1.29, 1.82) is 0 Å². The van der Waals surface area contributed by atoms with Crippen LogP contribution in [-0.2, 0) is 0 Å². The SMILES string of the molecule is CCB(CC)C1C=CC=C1. The molecule has 0 aromatic rings. The fraction of sp³-hybridized carbons (Fsp3) is 0.556. The van der Waals surface area contributed by atoms with Gasteiger partial charge in [0.1, 0.15) is 0 Å². The Morgan fingerprint density at radius 3 is 2.00 bits per heavy atom. The lowest BCUT2D eigenvalue weighted by Crippen LogP contribution is -2.13. The van der Waals surface area contributed by atoms with Crippen molar-refractivity contribution in [2.75, 3.05) is 0 Å². The van der Waals surface area contributed by atoms with Gasteiger partial charge in [0.05, 0.1) is 0 Å². The number of hydrogen-bond acceptors (Lipinski definition) is 0. The summed E-state index contributed by atoms with van der Waals surface area (Å²) >= 11 is 0. The van der Waals surface area contributed by atoms with Gasteiger partial charge in [-0.3, -0.25) is 0 Å². The first-order valence-electron chi connectivity index (χ1n) is 4.23. The van der Waals surface area contributed by atoms with Crippen LogP contribution in [0.15, 0.2) is 24.3 Å². The van der Waals surface area contributed by atoms with Gasteiger partial charge in [-0.25, -0.2) is 0 Å². The van der Waals surface area contributed by atoms with Crippen LogP contribution in [-0.4, -0.2) is 6.71 Å². The first-order chi connectivity index (χ1) is 4.88. The summed E-state index contributed by atoms with van der Waals surface area (Å²) in [6.45, 7) is 5.41. The number of allylic oxidation sites excluding steroid dienone is 4. The average molecular weight is 134 g/mol. The van der Waals surface area contributed by atoms with Gasteiger partial charge in [-0.2, -0.15) is 0 Å². The third-order valence-electron chi connectivity index (χ3n) is 2.37. The number of rotatable bonds is 3. The molecule has 10 heavy (non-hydrogen) atoms. The molecule has 0 fully saturated rings. The molecule has 1 rings (SSSR count). The minimum absolute atomic E-state index is 0.731. The molecule has 0 unspecified atom stereocenters. The van der Waals surface area contributed by atoms with Crippen molar-refractivity contribution in [2.45, 2.75) is 32.3 Å². The van der Waals surface area contributed by atoms with Crippen molar-refractivity contribution in [2.24, 2.45) is 0 Å². The van der Waals surface area contributed by atoms with Crippen LogP contribution in [0.2, 0.25) is 18.5 Å². The van der Waals surface area contributed by atoms with Crippen LogP contribution in [0, 0.1) is 0 Å². The summed E-state index contributed by atoms with van der Waals surface area (Å²) in [7, 11) is 0. The molecule has 0 bridgehead atoms. The fourth-order valence-electron chi connectivity index (χ4n) is 1.60. The van der Waals surface area contributed by atoms with E-state index in [1.165, 1.54) is 12.6 Å². The van der Waals surface area contributed by atoms with Gasteiger partial charge in [0.15, 0.2) is 6.71 Å². The molecule has 54 valence electrons. The lowest BCUT2D eigenvalue weighted by molar-refractivity contribution is 1.20. The minimum atomic E-state index is 0.731. The maximum absolute atomic E-state index is 2.30. The summed E-state index contributed by atoms with van der Waals surface area (Å²) in [5, 5.41) is 0. The predicted octanol–water partition coefficient (Wildman–Crippen LogP) is 3.02. The molecule has 0 saturated heterocycles. The Morgan fingerprint density at radius 2 is 1.60 bits per heavy atom. The minimum Gasteiger partial charge on any atom is -0.0849 e. The molecule has 0 amide bonds. The van der Waals surface area contributed by atoms with Gasteiger partial charge < -0.3 is 0 Å². The van der Waals surface area contributed by atoms with Gasteiger partial charge in [-0.15, -0.1) is 0 Å². The smallest absolute Gasteiger partial charge is 0.0849 e. The van der Waals surface area contributed by atoms with E-state index < -0.39 is 0 Å². The Bertz CT molecular complexity index is 131. The standard InChI is InChI=1S/C9H15B/c1-3-10(4-2)9-7-5-6-8-9/h5-9H,3-4H2,1-2H3. The molecule has 1 aliphatic rings. The van der Waals surface area contributed by atoms with Crippen molar-refractivity contribution < 1.29 is 0 Å². The summed E-state index contributed by atoms with van der Waals surface area (Å²) in [5.74, 6) is 0.731. The van der Waals surface area contributed by atoms with Gasteiger partial charge in [-0.1, -0.05) is 50.8 Å². The lowest BCUT2D eigenvalue weighted by atomic mass is 9.38. The largest absolute Gasteiger partial charge is 0.151 e. The molecular weight excluding hydrogens is 119 g/mol. The molecule has 0 aliphatic heterocycles. The van der Waals surface area contributed by atoms with Crippen LogP contribution >= 0.6 is 0 Å². The second kappa shape index (κ2) is 3.65. The first kappa shape index (κ1) is 7.65. The zero-order valence-corrected chi connectivity index (χ0v) is 6.88. The molecule has 0 radical (unpaired) electrons. The van der Waals surface area contributed by atoms with E-state index in [4.69, 9.17) is 0 Å². The van der Waals surface area contributed by atoms with Crippen molar-refractivity contribution >= 4 is 6.71 Å². The number of hydrogen-bond donors (Lipinski definition) is 0. The predicted molar refractivity (Wildman–Crippen MR) is 48.7 cm³/mol. The first-order valence-corrected chi connectivity index (χ1v) is 4.23. The molecule has 0 spiro atoms. The molecule has 0 atom stereocenters. The van der Waals surface area contributed by atoms with Crippen LogP contribution < -0.4 is 0 Å². The van der Waals surface area contributed by atoms with E-state index in [0.717, 1.165) is 12.5 Å². The lowest BCUT2D eigenvalue weighted by Gasteiger charge is -2.12. The Kier molecular flexibility index (Phi) is 2.79. The average Bonchev–Trinajstić information content (AvgIpc) is 2.43. The van der Waals surface area contributed by atoms with Gasteiger partial charge in [-0.05, 0) is 5.82 Å². The molecular formula is C9H15B. The van der Waals surface area contributed by atoms with E-state index in [-0.39, 0.29) is 0 Å². The normalized spacial score (nSPS) is 16.6. The highest BCUT2D eigenvalue weighted by Gasteiger charge is 2.17. The summed E-state index contributed by atoms with van der Waals surface area (Å²) < 4.78 is 0. The third-order valence-corrected chi connectivity index (χ3v) is 2.37. The molecule has 1 heteroatoms. The molecule has 1 aliphatic carbocycles. The van der Waals surface area contributed by atoms with Gasteiger partial charge in [0, 0.05) is 0 Å². The zero-order valence-electron chi connectivity index (χ0n) is 6.88. The molecule has 0 nitrogen and oxygen atoms in total. The van der Waals surface area contributed by atoms with Crippen LogP contribution in [0.3, 0.4) is 0 Å². The summed E-state index contributed by atoms with van der Waals surface area (Å²) in [5.41, 5.74) is 0. The van der Waals surface area contributed by atoms with Crippen LogP contribution in [0.25, 0.3) is 0 Å². The molecule has 0 saturated carbocycles. The van der Waals surface area contributed by atoms with Crippen molar-refractivity contribution in [3.05, 3.63) is 24.3 Å². The Balaban J connectivity index is 2.45. The van der Waals surface area contributed by atoms with Crippen LogP contribution in [0.1, 0.15) is 13.8 Å². The second-order valence-corrected chi connectivity index (χ2v) is 2.92.